The van der Waals surface area contributed by atoms with Gasteiger partial charge in [0.25, 0.3) is 0 Å². The first-order chi connectivity index (χ1) is 9.56. The van der Waals surface area contributed by atoms with Gasteiger partial charge in [0.05, 0.1) is 18.1 Å². The van der Waals surface area contributed by atoms with Crippen molar-refractivity contribution in [2.24, 2.45) is 5.73 Å². The van der Waals surface area contributed by atoms with Gasteiger partial charge in [-0.1, -0.05) is 28.9 Å². The fourth-order valence-corrected chi connectivity index (χ4v) is 1.78. The normalized spacial score (nSPS) is 10.7. The lowest BCUT2D eigenvalue weighted by Crippen LogP contribution is -2.28. The van der Waals surface area contributed by atoms with Crippen LogP contribution in [0.4, 0.5) is 4.39 Å². The topological polar surface area (TPSA) is 94.0 Å². The van der Waals surface area contributed by atoms with Gasteiger partial charge < -0.3 is 10.3 Å². The number of aromatic nitrogens is 2. The van der Waals surface area contributed by atoms with Crippen molar-refractivity contribution < 1.29 is 13.7 Å². The van der Waals surface area contributed by atoms with Crippen LogP contribution in [0, 0.1) is 5.82 Å². The Labute approximate surface area is 119 Å². The van der Waals surface area contributed by atoms with E-state index in [0.29, 0.717) is 17.3 Å². The van der Waals surface area contributed by atoms with E-state index in [-0.39, 0.29) is 24.5 Å². The molecule has 2 aromatic rings. The Hall–Kier alpha value is -1.99. The molecule has 0 spiro atoms. The molecule has 1 heterocycles. The van der Waals surface area contributed by atoms with Gasteiger partial charge in [0, 0.05) is 6.42 Å². The van der Waals surface area contributed by atoms with Gasteiger partial charge in [-0.2, -0.15) is 4.98 Å². The minimum Gasteiger partial charge on any atom is -0.369 e. The second kappa shape index (κ2) is 6.44. The number of halogens is 2. The Bertz CT molecular complexity index is 617. The third kappa shape index (κ3) is 3.75. The molecule has 0 bridgehead atoms. The molecule has 0 unspecified atom stereocenters. The third-order valence-corrected chi connectivity index (χ3v) is 2.76. The number of hydrogen-bond donors (Lipinski definition) is 2. The van der Waals surface area contributed by atoms with Crippen LogP contribution in [-0.2, 0) is 17.8 Å². The molecular formula is C12H12ClFN4O2. The van der Waals surface area contributed by atoms with E-state index >= 15 is 0 Å². The maximum atomic E-state index is 13.7. The number of carbonyl (C=O) groups is 1. The number of primary amides is 1. The Kier molecular flexibility index (Phi) is 4.65. The zero-order chi connectivity index (χ0) is 14.5. The van der Waals surface area contributed by atoms with Crippen molar-refractivity contribution in [1.29, 1.82) is 0 Å². The second-order valence-electron chi connectivity index (χ2n) is 4.06. The molecule has 0 saturated heterocycles. The SMILES string of the molecule is NC(=O)CNCc1nc(Cc2cccc(Cl)c2F)no1. The molecule has 0 aliphatic carbocycles. The van der Waals surface area contributed by atoms with Gasteiger partial charge in [-0.3, -0.25) is 10.1 Å². The van der Waals surface area contributed by atoms with Gasteiger partial charge in [0.1, 0.15) is 5.82 Å². The minimum atomic E-state index is -0.493. The molecule has 0 radical (unpaired) electrons. The van der Waals surface area contributed by atoms with Crippen molar-refractivity contribution in [1.82, 2.24) is 15.5 Å². The van der Waals surface area contributed by atoms with Crippen LogP contribution in [0.1, 0.15) is 17.3 Å². The van der Waals surface area contributed by atoms with Gasteiger partial charge >= 0.3 is 0 Å². The quantitative estimate of drug-likeness (QED) is 0.830. The van der Waals surface area contributed by atoms with E-state index in [0.717, 1.165) is 0 Å². The van der Waals surface area contributed by atoms with Crippen LogP contribution >= 0.6 is 11.6 Å². The van der Waals surface area contributed by atoms with Crippen LogP contribution in [0.2, 0.25) is 5.02 Å². The first kappa shape index (κ1) is 14.4. The van der Waals surface area contributed by atoms with Gasteiger partial charge in [-0.25, -0.2) is 4.39 Å². The number of rotatable bonds is 6. The lowest BCUT2D eigenvalue weighted by Gasteiger charge is -2.00. The molecule has 0 saturated carbocycles. The Morgan fingerprint density at radius 3 is 3.05 bits per heavy atom. The maximum absolute atomic E-state index is 13.7. The summed E-state index contributed by atoms with van der Waals surface area (Å²) in [7, 11) is 0. The van der Waals surface area contributed by atoms with E-state index in [1.807, 2.05) is 0 Å². The number of nitrogens with zero attached hydrogens (tertiary/aromatic N) is 2. The van der Waals surface area contributed by atoms with Crippen LogP contribution < -0.4 is 11.1 Å². The summed E-state index contributed by atoms with van der Waals surface area (Å²) in [6, 6.07) is 4.72. The number of nitrogens with one attached hydrogen (secondary N) is 1. The zero-order valence-electron chi connectivity index (χ0n) is 10.4. The molecule has 106 valence electrons. The highest BCUT2D eigenvalue weighted by Gasteiger charge is 2.11. The molecule has 8 heteroatoms. The number of nitrogens with two attached hydrogens (primary N) is 1. The summed E-state index contributed by atoms with van der Waals surface area (Å²) in [5.74, 6) is -0.344. The first-order valence-corrected chi connectivity index (χ1v) is 6.17. The molecule has 6 nitrogen and oxygen atoms in total. The molecule has 20 heavy (non-hydrogen) atoms. The Balaban J connectivity index is 1.99. The van der Waals surface area contributed by atoms with E-state index < -0.39 is 11.7 Å². The zero-order valence-corrected chi connectivity index (χ0v) is 11.2. The molecule has 1 aromatic carbocycles. The summed E-state index contributed by atoms with van der Waals surface area (Å²) < 4.78 is 18.7. The summed E-state index contributed by atoms with van der Waals surface area (Å²) in [6.45, 7) is 0.231. The van der Waals surface area contributed by atoms with Crippen LogP contribution in [-0.4, -0.2) is 22.6 Å². The highest BCUT2D eigenvalue weighted by molar-refractivity contribution is 6.30. The minimum absolute atomic E-state index is 0.0145. The van der Waals surface area contributed by atoms with E-state index in [9.17, 15) is 9.18 Å². The van der Waals surface area contributed by atoms with Gasteiger partial charge in [0.2, 0.25) is 11.8 Å². The average molecular weight is 299 g/mol. The highest BCUT2D eigenvalue weighted by atomic mass is 35.5. The fourth-order valence-electron chi connectivity index (χ4n) is 1.58. The Morgan fingerprint density at radius 1 is 1.50 bits per heavy atom. The predicted octanol–water partition coefficient (Wildman–Crippen LogP) is 1.03. The molecule has 1 amide bonds. The molecule has 3 N–H and O–H groups in total. The number of benzene rings is 1. The smallest absolute Gasteiger partial charge is 0.240 e. The van der Waals surface area contributed by atoms with Gasteiger partial charge in [-0.05, 0) is 11.6 Å². The third-order valence-electron chi connectivity index (χ3n) is 2.47. The molecule has 2 rings (SSSR count). The summed E-state index contributed by atoms with van der Waals surface area (Å²) >= 11 is 5.69. The summed E-state index contributed by atoms with van der Waals surface area (Å²) in [4.78, 5) is 14.6. The largest absolute Gasteiger partial charge is 0.369 e. The monoisotopic (exact) mass is 298 g/mol. The van der Waals surface area contributed by atoms with Crippen LogP contribution in [0.3, 0.4) is 0 Å². The van der Waals surface area contributed by atoms with E-state index in [2.05, 4.69) is 15.5 Å². The summed E-state index contributed by atoms with van der Waals surface area (Å²) in [5.41, 5.74) is 5.36. The molecule has 0 atom stereocenters. The summed E-state index contributed by atoms with van der Waals surface area (Å²) in [6.07, 6.45) is 0.172. The van der Waals surface area contributed by atoms with Crippen molar-refractivity contribution >= 4 is 17.5 Å². The van der Waals surface area contributed by atoms with Gasteiger partial charge in [0.15, 0.2) is 5.82 Å². The average Bonchev–Trinajstić information content (AvgIpc) is 2.82. The Morgan fingerprint density at radius 2 is 2.30 bits per heavy atom. The summed E-state index contributed by atoms with van der Waals surface area (Å²) in [5, 5.41) is 6.51. The van der Waals surface area contributed by atoms with Crippen LogP contribution in [0.25, 0.3) is 0 Å². The van der Waals surface area contributed by atoms with Crippen LogP contribution in [0.15, 0.2) is 22.7 Å². The molecular weight excluding hydrogens is 287 g/mol. The van der Waals surface area contributed by atoms with Gasteiger partial charge in [-0.15, -0.1) is 0 Å². The molecule has 1 aromatic heterocycles. The lowest BCUT2D eigenvalue weighted by atomic mass is 10.1. The molecule has 0 aliphatic rings. The fraction of sp³-hybridized carbons (Fsp3) is 0.250. The van der Waals surface area contributed by atoms with E-state index in [4.69, 9.17) is 21.9 Å². The van der Waals surface area contributed by atoms with Crippen molar-refractivity contribution in [3.8, 4) is 0 Å². The second-order valence-corrected chi connectivity index (χ2v) is 4.47. The van der Waals surface area contributed by atoms with E-state index in [1.165, 1.54) is 6.07 Å². The standard InChI is InChI=1S/C12H12ClFN4O2/c13-8-3-1-2-7(12(8)14)4-10-17-11(20-18-10)6-16-5-9(15)19/h1-3,16H,4-6H2,(H2,15,19). The maximum Gasteiger partial charge on any atom is 0.240 e. The predicted molar refractivity (Wildman–Crippen MR) is 69.4 cm³/mol. The molecule has 0 aliphatic heterocycles. The lowest BCUT2D eigenvalue weighted by molar-refractivity contribution is -0.117. The number of amides is 1. The van der Waals surface area contributed by atoms with Crippen molar-refractivity contribution in [2.45, 2.75) is 13.0 Å². The van der Waals surface area contributed by atoms with Crippen molar-refractivity contribution in [2.75, 3.05) is 6.54 Å². The molecule has 0 fully saturated rings. The number of carbonyl (C=O) groups excluding carboxylic acids is 1. The number of hydrogen-bond acceptors (Lipinski definition) is 5. The first-order valence-electron chi connectivity index (χ1n) is 5.79. The van der Waals surface area contributed by atoms with Crippen molar-refractivity contribution in [3.63, 3.8) is 0 Å². The van der Waals surface area contributed by atoms with E-state index in [1.54, 1.807) is 12.1 Å². The van der Waals surface area contributed by atoms with Crippen molar-refractivity contribution in [3.05, 3.63) is 46.3 Å². The highest BCUT2D eigenvalue weighted by Crippen LogP contribution is 2.19. The van der Waals surface area contributed by atoms with Crippen LogP contribution in [0.5, 0.6) is 0 Å².